The number of fused-ring (bicyclic) bond motifs is 1. The number of aryl methyl sites for hydroxylation is 1. The van der Waals surface area contributed by atoms with Gasteiger partial charge in [-0.25, -0.2) is 9.78 Å². The minimum absolute atomic E-state index is 0.249. The maximum atomic E-state index is 12.6. The molecule has 0 fully saturated rings. The highest BCUT2D eigenvalue weighted by atomic mass is 16.5. The number of methoxy groups -OCH3 is 1. The van der Waals surface area contributed by atoms with Crippen molar-refractivity contribution in [2.45, 2.75) is 73.4 Å². The fourth-order valence-electron chi connectivity index (χ4n) is 3.50. The number of allylic oxidation sites excluding steroid dienone is 2. The lowest BCUT2D eigenvalue weighted by Crippen LogP contribution is -2.16. The summed E-state index contributed by atoms with van der Waals surface area (Å²) in [5, 5.41) is 7.03. The highest BCUT2D eigenvalue weighted by Crippen LogP contribution is 2.33. The topological polar surface area (TPSA) is 85.2 Å². The molecule has 0 radical (unpaired) electrons. The van der Waals surface area contributed by atoms with E-state index >= 15 is 0 Å². The summed E-state index contributed by atoms with van der Waals surface area (Å²) in [4.78, 5) is 29.2. The summed E-state index contributed by atoms with van der Waals surface area (Å²) in [5.41, 5.74) is 3.60. The van der Waals surface area contributed by atoms with Crippen molar-refractivity contribution in [1.82, 2.24) is 9.55 Å². The van der Waals surface area contributed by atoms with Crippen molar-refractivity contribution in [3.63, 3.8) is 0 Å². The molecule has 0 aliphatic heterocycles. The van der Waals surface area contributed by atoms with Gasteiger partial charge >= 0.3 is 5.97 Å². The van der Waals surface area contributed by atoms with Crippen LogP contribution in [0.2, 0.25) is 0 Å². The Morgan fingerprint density at radius 2 is 1.90 bits per heavy atom. The molecular weight excluding hydrogens is 392 g/mol. The van der Waals surface area contributed by atoms with Gasteiger partial charge in [-0.2, -0.15) is 0 Å². The van der Waals surface area contributed by atoms with Crippen LogP contribution in [-0.4, -0.2) is 34.6 Å². The number of hydrogen-bond acceptors (Lipinski definition) is 5. The van der Waals surface area contributed by atoms with Gasteiger partial charge in [-0.1, -0.05) is 25.5 Å². The van der Waals surface area contributed by atoms with Crippen LogP contribution in [0.3, 0.4) is 0 Å². The molecule has 0 aliphatic rings. The molecule has 0 spiro atoms. The highest BCUT2D eigenvalue weighted by Gasteiger charge is 2.25. The number of nitrogens with zero attached hydrogens (tertiary/aromatic N) is 2. The SMILES string of the molecule is COC(=O)c1c(NC(C)=O)c2cc(NC(C)CCC=C(C)C)cnc2n1CCC(C)C. The minimum Gasteiger partial charge on any atom is -0.464 e. The highest BCUT2D eigenvalue weighted by molar-refractivity contribution is 6.10. The number of esters is 1. The van der Waals surface area contributed by atoms with Gasteiger partial charge in [0.1, 0.15) is 5.65 Å². The molecule has 2 heterocycles. The molecule has 2 aromatic heterocycles. The maximum absolute atomic E-state index is 12.6. The van der Waals surface area contributed by atoms with E-state index in [1.54, 1.807) is 6.20 Å². The Balaban J connectivity index is 2.49. The average Bonchev–Trinajstić information content (AvgIpc) is 2.97. The standard InChI is InChI=1S/C24H36N4O3/c1-15(2)9-8-10-17(5)26-19-13-20-21(27-18(6)29)22(24(30)31-7)28(12-11-16(3)4)23(20)25-14-19/h9,13-14,16-17,26H,8,10-12H2,1-7H3,(H,27,29). The van der Waals surface area contributed by atoms with E-state index in [0.717, 1.165) is 30.3 Å². The third kappa shape index (κ3) is 6.57. The van der Waals surface area contributed by atoms with Crippen molar-refractivity contribution in [2.24, 2.45) is 5.92 Å². The van der Waals surface area contributed by atoms with Crippen molar-refractivity contribution < 1.29 is 14.3 Å². The Kier molecular flexibility index (Phi) is 8.65. The molecule has 0 bridgehead atoms. The van der Waals surface area contributed by atoms with Crippen LogP contribution in [0.4, 0.5) is 11.4 Å². The number of carbonyl (C=O) groups excluding carboxylic acids is 2. The van der Waals surface area contributed by atoms with Crippen LogP contribution in [0.25, 0.3) is 11.0 Å². The molecule has 0 aromatic carbocycles. The summed E-state index contributed by atoms with van der Waals surface area (Å²) >= 11 is 0. The maximum Gasteiger partial charge on any atom is 0.356 e. The second kappa shape index (κ2) is 11.0. The Bertz CT molecular complexity index is 955. The number of ether oxygens (including phenoxy) is 1. The van der Waals surface area contributed by atoms with Crippen LogP contribution in [-0.2, 0) is 16.1 Å². The molecule has 2 aromatic rings. The minimum atomic E-state index is -0.491. The molecule has 7 heteroatoms. The lowest BCUT2D eigenvalue weighted by Gasteiger charge is -2.14. The molecule has 170 valence electrons. The average molecular weight is 429 g/mol. The molecule has 0 aliphatic carbocycles. The first kappa shape index (κ1) is 24.4. The molecule has 0 saturated carbocycles. The number of aromatic nitrogens is 2. The van der Waals surface area contributed by atoms with Crippen LogP contribution in [0.5, 0.6) is 0 Å². The fourth-order valence-corrected chi connectivity index (χ4v) is 3.50. The third-order valence-corrected chi connectivity index (χ3v) is 5.07. The van der Waals surface area contributed by atoms with Crippen molar-refractivity contribution in [3.8, 4) is 0 Å². The van der Waals surface area contributed by atoms with Crippen molar-refractivity contribution >= 4 is 34.3 Å². The zero-order valence-electron chi connectivity index (χ0n) is 19.8. The molecule has 2 N–H and O–H groups in total. The predicted octanol–water partition coefficient (Wildman–Crippen LogP) is 5.37. The predicted molar refractivity (Wildman–Crippen MR) is 127 cm³/mol. The molecule has 1 atom stereocenters. The summed E-state index contributed by atoms with van der Waals surface area (Å²) < 4.78 is 6.89. The fraction of sp³-hybridized carbons (Fsp3) is 0.542. The van der Waals surface area contributed by atoms with Crippen LogP contribution in [0, 0.1) is 5.92 Å². The van der Waals surface area contributed by atoms with E-state index in [0.29, 0.717) is 29.5 Å². The van der Waals surface area contributed by atoms with Gasteiger partial charge in [0.2, 0.25) is 5.91 Å². The van der Waals surface area contributed by atoms with Gasteiger partial charge in [-0.3, -0.25) is 4.79 Å². The normalized spacial score (nSPS) is 12.0. The number of hydrogen-bond donors (Lipinski definition) is 2. The first-order valence-electron chi connectivity index (χ1n) is 10.9. The largest absolute Gasteiger partial charge is 0.464 e. The first-order chi connectivity index (χ1) is 14.6. The van der Waals surface area contributed by atoms with E-state index in [-0.39, 0.29) is 11.9 Å². The molecule has 2 rings (SSSR count). The van der Waals surface area contributed by atoms with Crippen molar-refractivity contribution in [2.75, 3.05) is 17.7 Å². The van der Waals surface area contributed by atoms with E-state index in [1.807, 2.05) is 10.6 Å². The zero-order chi connectivity index (χ0) is 23.1. The second-order valence-electron chi connectivity index (χ2n) is 8.73. The van der Waals surface area contributed by atoms with E-state index in [1.165, 1.54) is 19.6 Å². The molecule has 1 unspecified atom stereocenters. The molecule has 31 heavy (non-hydrogen) atoms. The van der Waals surface area contributed by atoms with E-state index in [4.69, 9.17) is 4.74 Å². The van der Waals surface area contributed by atoms with Gasteiger partial charge in [0.15, 0.2) is 5.69 Å². The number of nitrogens with one attached hydrogen (secondary N) is 2. The quantitative estimate of drug-likeness (QED) is 0.392. The van der Waals surface area contributed by atoms with Crippen LogP contribution in [0.1, 0.15) is 71.3 Å². The zero-order valence-corrected chi connectivity index (χ0v) is 19.8. The number of rotatable bonds is 10. The first-order valence-corrected chi connectivity index (χ1v) is 10.9. The Morgan fingerprint density at radius 3 is 2.48 bits per heavy atom. The van der Waals surface area contributed by atoms with Crippen LogP contribution < -0.4 is 10.6 Å². The van der Waals surface area contributed by atoms with Crippen LogP contribution >= 0.6 is 0 Å². The Morgan fingerprint density at radius 1 is 1.19 bits per heavy atom. The number of anilines is 2. The lowest BCUT2D eigenvalue weighted by molar-refractivity contribution is -0.114. The van der Waals surface area contributed by atoms with E-state index in [9.17, 15) is 9.59 Å². The van der Waals surface area contributed by atoms with Gasteiger partial charge in [0, 0.05) is 24.9 Å². The number of amides is 1. The summed E-state index contributed by atoms with van der Waals surface area (Å²) in [6.07, 6.45) is 6.87. The van der Waals surface area contributed by atoms with Gasteiger partial charge < -0.3 is 19.9 Å². The Hall–Kier alpha value is -2.83. The molecule has 7 nitrogen and oxygen atoms in total. The third-order valence-electron chi connectivity index (χ3n) is 5.07. The summed E-state index contributed by atoms with van der Waals surface area (Å²) in [6, 6.07) is 2.20. The molecule has 1 amide bonds. The monoisotopic (exact) mass is 428 g/mol. The smallest absolute Gasteiger partial charge is 0.356 e. The number of carbonyl (C=O) groups is 2. The Labute approximate surface area is 185 Å². The van der Waals surface area contributed by atoms with Gasteiger partial charge in [0.25, 0.3) is 0 Å². The summed E-state index contributed by atoms with van der Waals surface area (Å²) in [5.74, 6) is -0.286. The second-order valence-corrected chi connectivity index (χ2v) is 8.73. The molecule has 0 saturated heterocycles. The molecular formula is C24H36N4O3. The lowest BCUT2D eigenvalue weighted by atomic mass is 10.1. The van der Waals surface area contributed by atoms with Crippen molar-refractivity contribution in [1.29, 1.82) is 0 Å². The van der Waals surface area contributed by atoms with Gasteiger partial charge in [-0.15, -0.1) is 0 Å². The van der Waals surface area contributed by atoms with Crippen molar-refractivity contribution in [3.05, 3.63) is 29.6 Å². The summed E-state index contributed by atoms with van der Waals surface area (Å²) in [6.45, 7) is 12.6. The van der Waals surface area contributed by atoms with Crippen LogP contribution in [0.15, 0.2) is 23.9 Å². The van der Waals surface area contributed by atoms with Gasteiger partial charge in [0.05, 0.1) is 24.7 Å². The summed E-state index contributed by atoms with van der Waals surface area (Å²) in [7, 11) is 1.35. The number of pyridine rings is 1. The van der Waals surface area contributed by atoms with E-state index < -0.39 is 5.97 Å². The van der Waals surface area contributed by atoms with E-state index in [2.05, 4.69) is 56.3 Å². The van der Waals surface area contributed by atoms with Gasteiger partial charge in [-0.05, 0) is 52.0 Å².